The molecule has 0 aliphatic carbocycles. The highest BCUT2D eigenvalue weighted by Gasteiger charge is 2.01. The van der Waals surface area contributed by atoms with Gasteiger partial charge in [0.15, 0.2) is 0 Å². The Kier molecular flexibility index (Phi) is 3.78. The molecule has 0 saturated carbocycles. The Morgan fingerprint density at radius 3 is 2.39 bits per heavy atom. The van der Waals surface area contributed by atoms with Crippen molar-refractivity contribution in [2.24, 2.45) is 5.73 Å². The number of carbonyl (C=O) groups is 1. The molecular weight excluding hydrogens is 222 g/mol. The van der Waals surface area contributed by atoms with Crippen LogP contribution in [0.3, 0.4) is 0 Å². The van der Waals surface area contributed by atoms with Crippen molar-refractivity contribution in [3.8, 4) is 23.0 Å². The van der Waals surface area contributed by atoms with Crippen LogP contribution in [-0.2, 0) is 4.79 Å². The highest BCUT2D eigenvalue weighted by Crippen LogP contribution is 2.22. The van der Waals surface area contributed by atoms with Crippen LogP contribution >= 0.6 is 0 Å². The number of hydrogen-bond acceptors (Lipinski definition) is 1. The molecule has 0 unspecified atom stereocenters. The predicted molar refractivity (Wildman–Crippen MR) is 72.6 cm³/mol. The van der Waals surface area contributed by atoms with Crippen molar-refractivity contribution in [3.05, 3.63) is 60.2 Å². The van der Waals surface area contributed by atoms with Crippen molar-refractivity contribution >= 4 is 5.91 Å². The maximum atomic E-state index is 10.7. The van der Waals surface area contributed by atoms with E-state index in [-0.39, 0.29) is 6.42 Å². The van der Waals surface area contributed by atoms with Gasteiger partial charge >= 0.3 is 0 Å². The first-order valence-corrected chi connectivity index (χ1v) is 5.69. The van der Waals surface area contributed by atoms with Crippen molar-refractivity contribution in [1.82, 2.24) is 0 Å². The van der Waals surface area contributed by atoms with Crippen LogP contribution in [0.25, 0.3) is 11.1 Å². The molecule has 2 heteroatoms. The van der Waals surface area contributed by atoms with E-state index >= 15 is 0 Å². The van der Waals surface area contributed by atoms with Crippen LogP contribution in [0.2, 0.25) is 0 Å². The summed E-state index contributed by atoms with van der Waals surface area (Å²) in [5.41, 5.74) is 8.15. The second-order valence-corrected chi connectivity index (χ2v) is 3.86. The van der Waals surface area contributed by atoms with E-state index in [1.165, 1.54) is 0 Å². The van der Waals surface area contributed by atoms with E-state index < -0.39 is 5.91 Å². The van der Waals surface area contributed by atoms with E-state index in [0.29, 0.717) is 0 Å². The quantitative estimate of drug-likeness (QED) is 0.799. The summed E-state index contributed by atoms with van der Waals surface area (Å²) < 4.78 is 0. The molecule has 0 fully saturated rings. The third kappa shape index (κ3) is 2.99. The topological polar surface area (TPSA) is 43.1 Å². The molecule has 2 N–H and O–H groups in total. The molecule has 2 rings (SSSR count). The Hall–Kier alpha value is -2.53. The van der Waals surface area contributed by atoms with Crippen LogP contribution in [0.4, 0.5) is 0 Å². The molecule has 2 nitrogen and oxygen atoms in total. The molecule has 0 aromatic heterocycles. The largest absolute Gasteiger partial charge is 0.369 e. The summed E-state index contributed by atoms with van der Waals surface area (Å²) in [6.07, 6.45) is 0.0864. The Labute approximate surface area is 106 Å². The molecule has 0 bridgehead atoms. The molecule has 0 saturated heterocycles. The number of primary amides is 1. The first kappa shape index (κ1) is 11.9. The van der Waals surface area contributed by atoms with Crippen LogP contribution in [0.15, 0.2) is 54.6 Å². The minimum atomic E-state index is -0.403. The molecule has 0 atom stereocenters. The van der Waals surface area contributed by atoms with Crippen molar-refractivity contribution in [2.75, 3.05) is 0 Å². The third-order valence-corrected chi connectivity index (χ3v) is 2.50. The molecule has 0 spiro atoms. The second-order valence-electron chi connectivity index (χ2n) is 3.86. The van der Waals surface area contributed by atoms with Gasteiger partial charge in [-0.25, -0.2) is 0 Å². The van der Waals surface area contributed by atoms with Gasteiger partial charge in [-0.15, -0.1) is 0 Å². The normalized spacial score (nSPS) is 9.33. The van der Waals surface area contributed by atoms with Gasteiger partial charge in [-0.3, -0.25) is 4.79 Å². The first-order valence-electron chi connectivity index (χ1n) is 5.69. The number of carbonyl (C=O) groups excluding carboxylic acids is 1. The van der Waals surface area contributed by atoms with Crippen LogP contribution < -0.4 is 5.73 Å². The zero-order valence-electron chi connectivity index (χ0n) is 9.89. The molecule has 1 amide bonds. The molecule has 2 aromatic rings. The lowest BCUT2D eigenvalue weighted by molar-refractivity contribution is -0.117. The predicted octanol–water partition coefficient (Wildman–Crippen LogP) is 2.58. The van der Waals surface area contributed by atoms with Crippen molar-refractivity contribution in [1.29, 1.82) is 0 Å². The average Bonchev–Trinajstić information content (AvgIpc) is 2.40. The third-order valence-electron chi connectivity index (χ3n) is 2.50. The van der Waals surface area contributed by atoms with E-state index in [1.807, 2.05) is 54.6 Å². The fourth-order valence-corrected chi connectivity index (χ4v) is 1.69. The number of nitrogens with two attached hydrogens (primary N) is 1. The SMILES string of the molecule is NC(=O)CC#Cc1ccccc1-c1ccccc1. The second kappa shape index (κ2) is 5.70. The van der Waals surface area contributed by atoms with E-state index in [0.717, 1.165) is 16.7 Å². The van der Waals surface area contributed by atoms with Crippen molar-refractivity contribution in [2.45, 2.75) is 6.42 Å². The van der Waals surface area contributed by atoms with Crippen LogP contribution in [0, 0.1) is 11.8 Å². The Balaban J connectivity index is 2.37. The minimum absolute atomic E-state index is 0.0864. The lowest BCUT2D eigenvalue weighted by atomic mass is 10.00. The minimum Gasteiger partial charge on any atom is -0.369 e. The maximum Gasteiger partial charge on any atom is 0.229 e. The highest BCUT2D eigenvalue weighted by molar-refractivity contribution is 5.77. The lowest BCUT2D eigenvalue weighted by Crippen LogP contribution is -2.08. The van der Waals surface area contributed by atoms with Gasteiger partial charge in [0.05, 0.1) is 6.42 Å². The molecule has 2 aromatic carbocycles. The fraction of sp³-hybridized carbons (Fsp3) is 0.0625. The van der Waals surface area contributed by atoms with Gasteiger partial charge in [0.1, 0.15) is 0 Å². The molecule has 88 valence electrons. The van der Waals surface area contributed by atoms with Gasteiger partial charge < -0.3 is 5.73 Å². The fourth-order valence-electron chi connectivity index (χ4n) is 1.69. The summed E-state index contributed by atoms with van der Waals surface area (Å²) in [7, 11) is 0. The van der Waals surface area contributed by atoms with Crippen LogP contribution in [0.1, 0.15) is 12.0 Å². The zero-order chi connectivity index (χ0) is 12.8. The van der Waals surface area contributed by atoms with Gasteiger partial charge in [-0.05, 0) is 17.2 Å². The first-order chi connectivity index (χ1) is 8.77. The highest BCUT2D eigenvalue weighted by atomic mass is 16.1. The van der Waals surface area contributed by atoms with Gasteiger partial charge in [0.25, 0.3) is 0 Å². The molecular formula is C16H13NO. The summed E-state index contributed by atoms with van der Waals surface area (Å²) in [6.45, 7) is 0. The summed E-state index contributed by atoms with van der Waals surface area (Å²) in [4.78, 5) is 10.7. The summed E-state index contributed by atoms with van der Waals surface area (Å²) >= 11 is 0. The lowest BCUT2D eigenvalue weighted by Gasteiger charge is -2.03. The van der Waals surface area contributed by atoms with Crippen molar-refractivity contribution in [3.63, 3.8) is 0 Å². The van der Waals surface area contributed by atoms with E-state index in [1.54, 1.807) is 0 Å². The number of benzene rings is 2. The van der Waals surface area contributed by atoms with Gasteiger partial charge in [-0.2, -0.15) is 0 Å². The Morgan fingerprint density at radius 1 is 1.00 bits per heavy atom. The number of amides is 1. The molecule has 18 heavy (non-hydrogen) atoms. The molecule has 0 radical (unpaired) electrons. The Bertz CT molecular complexity index is 606. The number of rotatable bonds is 2. The Morgan fingerprint density at radius 2 is 1.67 bits per heavy atom. The maximum absolute atomic E-state index is 10.7. The van der Waals surface area contributed by atoms with Crippen LogP contribution in [0.5, 0.6) is 0 Å². The summed E-state index contributed by atoms with van der Waals surface area (Å²) in [6, 6.07) is 17.9. The standard InChI is InChI=1S/C16H13NO/c17-16(18)12-6-10-14-9-4-5-11-15(14)13-7-2-1-3-8-13/h1-5,7-9,11H,12H2,(H2,17,18). The zero-order valence-corrected chi connectivity index (χ0v) is 9.89. The molecule has 0 aliphatic heterocycles. The molecule has 0 aliphatic rings. The molecule has 0 heterocycles. The van der Waals surface area contributed by atoms with E-state index in [2.05, 4.69) is 11.8 Å². The van der Waals surface area contributed by atoms with E-state index in [4.69, 9.17) is 5.73 Å². The van der Waals surface area contributed by atoms with Gasteiger partial charge in [0, 0.05) is 5.56 Å². The summed E-state index contributed by atoms with van der Waals surface area (Å²) in [5.74, 6) is 5.38. The van der Waals surface area contributed by atoms with E-state index in [9.17, 15) is 4.79 Å². The number of hydrogen-bond donors (Lipinski definition) is 1. The smallest absolute Gasteiger partial charge is 0.229 e. The monoisotopic (exact) mass is 235 g/mol. The van der Waals surface area contributed by atoms with Crippen molar-refractivity contribution < 1.29 is 4.79 Å². The summed E-state index contributed by atoms with van der Waals surface area (Å²) in [5, 5.41) is 0. The van der Waals surface area contributed by atoms with Crippen LogP contribution in [-0.4, -0.2) is 5.91 Å². The van der Waals surface area contributed by atoms with Gasteiger partial charge in [0.2, 0.25) is 5.91 Å². The average molecular weight is 235 g/mol. The van der Waals surface area contributed by atoms with Gasteiger partial charge in [-0.1, -0.05) is 60.4 Å².